The van der Waals surface area contributed by atoms with Gasteiger partial charge in [0.1, 0.15) is 0 Å². The number of hydrogen-bond acceptors (Lipinski definition) is 4. The maximum atomic E-state index is 10.5. The van der Waals surface area contributed by atoms with Gasteiger partial charge in [0.15, 0.2) is 0 Å². The fourth-order valence-corrected chi connectivity index (χ4v) is 2.01. The summed E-state index contributed by atoms with van der Waals surface area (Å²) in [6.07, 6.45) is 0. The zero-order valence-corrected chi connectivity index (χ0v) is 8.28. The van der Waals surface area contributed by atoms with Crippen LogP contribution in [-0.4, -0.2) is 72.7 Å². The fourth-order valence-electron chi connectivity index (χ4n) is 2.01. The molecular weight excluding hydrogens is 182 g/mol. The Balaban J connectivity index is 1.71. The monoisotopic (exact) mass is 199 g/mol. The number of piperazine rings is 1. The van der Waals surface area contributed by atoms with Crippen molar-refractivity contribution in [3.63, 3.8) is 0 Å². The minimum Gasteiger partial charge on any atom is -0.480 e. The van der Waals surface area contributed by atoms with Gasteiger partial charge >= 0.3 is 5.97 Å². The van der Waals surface area contributed by atoms with Crippen molar-refractivity contribution >= 4 is 5.97 Å². The van der Waals surface area contributed by atoms with Crippen LogP contribution in [0.15, 0.2) is 0 Å². The molecule has 5 nitrogen and oxygen atoms in total. The highest BCUT2D eigenvalue weighted by Crippen LogP contribution is 2.09. The molecule has 0 aromatic rings. The lowest BCUT2D eigenvalue weighted by Gasteiger charge is -2.42. The Morgan fingerprint density at radius 3 is 2.36 bits per heavy atom. The molecule has 2 rings (SSSR count). The lowest BCUT2D eigenvalue weighted by Crippen LogP contribution is -2.61. The predicted octanol–water partition coefficient (Wildman–Crippen LogP) is -1.34. The molecule has 2 fully saturated rings. The molecular formula is C9H17N3O2. The average Bonchev–Trinajstić information content (AvgIpc) is 2.04. The van der Waals surface area contributed by atoms with Gasteiger partial charge in [-0.15, -0.1) is 0 Å². The Morgan fingerprint density at radius 1 is 1.29 bits per heavy atom. The summed E-state index contributed by atoms with van der Waals surface area (Å²) in [5, 5.41) is 11.9. The lowest BCUT2D eigenvalue weighted by atomic mass is 10.1. The summed E-state index contributed by atoms with van der Waals surface area (Å²) in [4.78, 5) is 14.9. The molecule has 0 saturated carbocycles. The van der Waals surface area contributed by atoms with Crippen LogP contribution in [0.2, 0.25) is 0 Å². The normalized spacial score (nSPS) is 26.0. The molecule has 0 amide bonds. The van der Waals surface area contributed by atoms with Gasteiger partial charge in [-0.2, -0.15) is 0 Å². The second-order valence-electron chi connectivity index (χ2n) is 4.02. The SMILES string of the molecule is O=C(O)CN1CCN(C2CNC2)CC1. The van der Waals surface area contributed by atoms with E-state index in [4.69, 9.17) is 5.11 Å². The van der Waals surface area contributed by atoms with E-state index in [1.165, 1.54) is 0 Å². The van der Waals surface area contributed by atoms with Gasteiger partial charge in [0.25, 0.3) is 0 Å². The zero-order valence-electron chi connectivity index (χ0n) is 8.28. The topological polar surface area (TPSA) is 55.8 Å². The molecule has 14 heavy (non-hydrogen) atoms. The number of nitrogens with zero attached hydrogens (tertiary/aromatic N) is 2. The van der Waals surface area contributed by atoms with Gasteiger partial charge in [0.2, 0.25) is 0 Å². The average molecular weight is 199 g/mol. The fraction of sp³-hybridized carbons (Fsp3) is 0.889. The van der Waals surface area contributed by atoms with E-state index in [-0.39, 0.29) is 6.54 Å². The van der Waals surface area contributed by atoms with Gasteiger partial charge in [-0.05, 0) is 0 Å². The van der Waals surface area contributed by atoms with Crippen LogP contribution in [0.4, 0.5) is 0 Å². The number of aliphatic carboxylic acids is 1. The molecule has 0 atom stereocenters. The van der Waals surface area contributed by atoms with Crippen molar-refractivity contribution in [1.82, 2.24) is 15.1 Å². The molecule has 0 aromatic carbocycles. The molecule has 0 radical (unpaired) electrons. The lowest BCUT2D eigenvalue weighted by molar-refractivity contribution is -0.138. The summed E-state index contributed by atoms with van der Waals surface area (Å²) < 4.78 is 0. The van der Waals surface area contributed by atoms with Gasteiger partial charge in [0.05, 0.1) is 6.54 Å². The first-order chi connectivity index (χ1) is 6.75. The predicted molar refractivity (Wildman–Crippen MR) is 52.3 cm³/mol. The van der Waals surface area contributed by atoms with Crippen LogP contribution in [0.1, 0.15) is 0 Å². The second kappa shape index (κ2) is 4.25. The number of nitrogens with one attached hydrogen (secondary N) is 1. The van der Waals surface area contributed by atoms with Crippen LogP contribution in [0.5, 0.6) is 0 Å². The van der Waals surface area contributed by atoms with Crippen molar-refractivity contribution in [3.8, 4) is 0 Å². The molecule has 2 heterocycles. The van der Waals surface area contributed by atoms with Crippen molar-refractivity contribution in [3.05, 3.63) is 0 Å². The summed E-state index contributed by atoms with van der Waals surface area (Å²) in [5.74, 6) is -0.719. The Morgan fingerprint density at radius 2 is 1.93 bits per heavy atom. The van der Waals surface area contributed by atoms with Gasteiger partial charge in [-0.25, -0.2) is 0 Å². The smallest absolute Gasteiger partial charge is 0.317 e. The van der Waals surface area contributed by atoms with Crippen molar-refractivity contribution in [1.29, 1.82) is 0 Å². The Bertz CT molecular complexity index is 210. The first kappa shape index (κ1) is 9.89. The Labute approximate surface area is 83.7 Å². The van der Waals surface area contributed by atoms with Crippen LogP contribution < -0.4 is 5.32 Å². The first-order valence-electron chi connectivity index (χ1n) is 5.14. The van der Waals surface area contributed by atoms with E-state index in [2.05, 4.69) is 10.2 Å². The third kappa shape index (κ3) is 2.23. The van der Waals surface area contributed by atoms with Crippen molar-refractivity contribution in [2.24, 2.45) is 0 Å². The minimum absolute atomic E-state index is 0.191. The van der Waals surface area contributed by atoms with E-state index in [1.807, 2.05) is 4.90 Å². The molecule has 0 aromatic heterocycles. The van der Waals surface area contributed by atoms with E-state index in [0.29, 0.717) is 6.04 Å². The Kier molecular flexibility index (Phi) is 3.00. The van der Waals surface area contributed by atoms with Crippen LogP contribution in [0.25, 0.3) is 0 Å². The third-order valence-electron chi connectivity index (χ3n) is 3.04. The number of carbonyl (C=O) groups is 1. The first-order valence-corrected chi connectivity index (χ1v) is 5.14. The van der Waals surface area contributed by atoms with Crippen molar-refractivity contribution in [2.75, 3.05) is 45.8 Å². The highest BCUT2D eigenvalue weighted by Gasteiger charge is 2.27. The highest BCUT2D eigenvalue weighted by molar-refractivity contribution is 5.69. The summed E-state index contributed by atoms with van der Waals surface area (Å²) in [6.45, 7) is 6.19. The largest absolute Gasteiger partial charge is 0.480 e. The van der Waals surface area contributed by atoms with E-state index in [0.717, 1.165) is 39.3 Å². The minimum atomic E-state index is -0.719. The summed E-state index contributed by atoms with van der Waals surface area (Å²) in [6, 6.07) is 0.696. The summed E-state index contributed by atoms with van der Waals surface area (Å²) in [5.41, 5.74) is 0. The molecule has 2 N–H and O–H groups in total. The van der Waals surface area contributed by atoms with Gasteiger partial charge < -0.3 is 10.4 Å². The number of hydrogen-bond donors (Lipinski definition) is 2. The molecule has 2 aliphatic rings. The summed E-state index contributed by atoms with van der Waals surface area (Å²) >= 11 is 0. The number of rotatable bonds is 3. The molecule has 2 aliphatic heterocycles. The maximum absolute atomic E-state index is 10.5. The highest BCUT2D eigenvalue weighted by atomic mass is 16.4. The van der Waals surface area contributed by atoms with E-state index in [1.54, 1.807) is 0 Å². The molecule has 80 valence electrons. The summed E-state index contributed by atoms with van der Waals surface area (Å²) in [7, 11) is 0. The van der Waals surface area contributed by atoms with Crippen molar-refractivity contribution < 1.29 is 9.90 Å². The van der Waals surface area contributed by atoms with Crippen LogP contribution in [-0.2, 0) is 4.79 Å². The van der Waals surface area contributed by atoms with E-state index in [9.17, 15) is 4.79 Å². The third-order valence-corrected chi connectivity index (χ3v) is 3.04. The Hall–Kier alpha value is -0.650. The molecule has 5 heteroatoms. The van der Waals surface area contributed by atoms with Gasteiger partial charge in [0, 0.05) is 45.3 Å². The quantitative estimate of drug-likeness (QED) is 0.589. The standard InChI is InChI=1S/C9H17N3O2/c13-9(14)7-11-1-3-12(4-2-11)8-5-10-6-8/h8,10H,1-7H2,(H,13,14). The molecule has 0 aliphatic carbocycles. The number of carboxylic acid groups (broad SMARTS) is 1. The molecule has 2 saturated heterocycles. The second-order valence-corrected chi connectivity index (χ2v) is 4.02. The van der Waals surface area contributed by atoms with Gasteiger partial charge in [-0.1, -0.05) is 0 Å². The molecule has 0 spiro atoms. The molecule has 0 bridgehead atoms. The maximum Gasteiger partial charge on any atom is 0.317 e. The molecule has 0 unspecified atom stereocenters. The number of carboxylic acids is 1. The van der Waals surface area contributed by atoms with Crippen LogP contribution >= 0.6 is 0 Å². The van der Waals surface area contributed by atoms with Crippen LogP contribution in [0, 0.1) is 0 Å². The van der Waals surface area contributed by atoms with E-state index < -0.39 is 5.97 Å². The zero-order chi connectivity index (χ0) is 9.97. The van der Waals surface area contributed by atoms with Crippen LogP contribution in [0.3, 0.4) is 0 Å². The van der Waals surface area contributed by atoms with E-state index >= 15 is 0 Å². The van der Waals surface area contributed by atoms with Crippen molar-refractivity contribution in [2.45, 2.75) is 6.04 Å². The van der Waals surface area contributed by atoms with Gasteiger partial charge in [-0.3, -0.25) is 14.6 Å².